The Kier molecular flexibility index (Phi) is 4.89. The van der Waals surface area contributed by atoms with E-state index in [-0.39, 0.29) is 5.56 Å². The van der Waals surface area contributed by atoms with Crippen molar-refractivity contribution in [3.8, 4) is 0 Å². The lowest BCUT2D eigenvalue weighted by Crippen LogP contribution is -2.47. The summed E-state index contributed by atoms with van der Waals surface area (Å²) in [7, 11) is 1.52. The van der Waals surface area contributed by atoms with Crippen LogP contribution in [-0.4, -0.2) is 41.6 Å². The van der Waals surface area contributed by atoms with Gasteiger partial charge in [0.1, 0.15) is 5.82 Å². The number of ether oxygens (including phenoxy) is 2. The Hall–Kier alpha value is -2.38. The number of nitrogens with zero attached hydrogens (tertiary/aromatic N) is 2. The minimum Gasteiger partial charge on any atom is -0.357 e. The maximum atomic E-state index is 12.9. The molecule has 0 unspecified atom stereocenters. The first kappa shape index (κ1) is 19.0. The van der Waals surface area contributed by atoms with Gasteiger partial charge in [-0.1, -0.05) is 29.3 Å². The average Bonchev–Trinajstić information content (AvgIpc) is 3.10. The van der Waals surface area contributed by atoms with Crippen molar-refractivity contribution in [1.29, 1.82) is 0 Å². The molecule has 0 saturated carbocycles. The summed E-state index contributed by atoms with van der Waals surface area (Å²) in [6.07, 6.45) is 1.91. The van der Waals surface area contributed by atoms with E-state index in [1.165, 1.54) is 7.05 Å². The number of aryl methyl sites for hydroxylation is 2. The minimum atomic E-state index is -0.496. The molecule has 7 heteroatoms. The van der Waals surface area contributed by atoms with Gasteiger partial charge in [0, 0.05) is 39.4 Å². The second kappa shape index (κ2) is 7.22. The first-order chi connectivity index (χ1) is 13.4. The fourth-order valence-corrected chi connectivity index (χ4v) is 4.32. The summed E-state index contributed by atoms with van der Waals surface area (Å²) in [6, 6.07) is 6.29. The fourth-order valence-electron chi connectivity index (χ4n) is 4.32. The number of hydrogen-bond donors (Lipinski definition) is 1. The first-order valence-corrected chi connectivity index (χ1v) is 9.79. The predicted molar refractivity (Wildman–Crippen MR) is 107 cm³/mol. The number of H-pyrrole nitrogens is 1. The van der Waals surface area contributed by atoms with Crippen LogP contribution in [0.5, 0.6) is 0 Å². The number of aromatic amines is 1. The molecular formula is C21H27N3O4. The van der Waals surface area contributed by atoms with E-state index in [1.54, 1.807) is 0 Å². The van der Waals surface area contributed by atoms with E-state index in [0.717, 1.165) is 21.3 Å². The molecule has 4 rings (SSSR count). The number of piperidine rings is 1. The Labute approximate surface area is 163 Å². The molecule has 28 heavy (non-hydrogen) atoms. The van der Waals surface area contributed by atoms with E-state index in [9.17, 15) is 9.59 Å². The van der Waals surface area contributed by atoms with Gasteiger partial charge in [-0.05, 0) is 19.4 Å². The van der Waals surface area contributed by atoms with Crippen LogP contribution in [0, 0.1) is 13.8 Å². The Bertz CT molecular complexity index is 971. The van der Waals surface area contributed by atoms with Crippen LogP contribution in [-0.2, 0) is 22.9 Å². The number of aromatic nitrogens is 2. The molecule has 1 spiro atoms. The molecule has 0 amide bonds. The molecule has 0 radical (unpaired) electrons. The number of rotatable bonds is 3. The molecule has 2 saturated heterocycles. The van der Waals surface area contributed by atoms with E-state index in [2.05, 4.69) is 28.1 Å². The van der Waals surface area contributed by atoms with Gasteiger partial charge in [0.25, 0.3) is 5.56 Å². The minimum absolute atomic E-state index is 0.244. The Balaban J connectivity index is 1.69. The van der Waals surface area contributed by atoms with Gasteiger partial charge in [0.15, 0.2) is 5.79 Å². The number of nitrogens with one attached hydrogen (secondary N) is 1. The van der Waals surface area contributed by atoms with Crippen molar-refractivity contribution in [2.24, 2.45) is 7.05 Å². The fraction of sp³-hybridized carbons (Fsp3) is 0.524. The van der Waals surface area contributed by atoms with Crippen molar-refractivity contribution in [3.63, 3.8) is 0 Å². The molecule has 0 bridgehead atoms. The lowest BCUT2D eigenvalue weighted by molar-refractivity contribution is -0.169. The zero-order valence-electron chi connectivity index (χ0n) is 16.7. The maximum Gasteiger partial charge on any atom is 0.329 e. The molecule has 2 aliphatic rings. The van der Waals surface area contributed by atoms with Crippen LogP contribution in [0.3, 0.4) is 0 Å². The smallest absolute Gasteiger partial charge is 0.329 e. The Morgan fingerprint density at radius 2 is 1.64 bits per heavy atom. The van der Waals surface area contributed by atoms with Crippen molar-refractivity contribution < 1.29 is 9.47 Å². The van der Waals surface area contributed by atoms with E-state index in [1.807, 2.05) is 13.8 Å². The summed E-state index contributed by atoms with van der Waals surface area (Å²) in [5.41, 5.74) is 3.38. The molecule has 1 aromatic heterocycles. The summed E-state index contributed by atoms with van der Waals surface area (Å²) in [5, 5.41) is 0. The third-order valence-electron chi connectivity index (χ3n) is 5.70. The Morgan fingerprint density at radius 3 is 2.25 bits per heavy atom. The quantitative estimate of drug-likeness (QED) is 0.869. The highest BCUT2D eigenvalue weighted by atomic mass is 16.7. The second-order valence-corrected chi connectivity index (χ2v) is 7.89. The zero-order valence-corrected chi connectivity index (χ0v) is 16.7. The van der Waals surface area contributed by atoms with Crippen LogP contribution in [0.2, 0.25) is 0 Å². The standard InChI is InChI=1S/C21H27N3O4/c1-14-10-15(2)12-16(11-14)13-17-18(22-20(26)23(3)19(17)25)24-6-4-21(5-7-24)27-8-9-28-21/h10-12H,4-9,13H2,1-3H3,(H,22,26). The average molecular weight is 385 g/mol. The van der Waals surface area contributed by atoms with Crippen molar-refractivity contribution in [1.82, 2.24) is 9.55 Å². The molecule has 2 aromatic rings. The number of anilines is 1. The van der Waals surface area contributed by atoms with Crippen molar-refractivity contribution in [2.45, 2.75) is 38.9 Å². The monoisotopic (exact) mass is 385 g/mol. The van der Waals surface area contributed by atoms with Crippen molar-refractivity contribution in [2.75, 3.05) is 31.2 Å². The van der Waals surface area contributed by atoms with Crippen LogP contribution in [0.15, 0.2) is 27.8 Å². The van der Waals surface area contributed by atoms with E-state index in [4.69, 9.17) is 9.47 Å². The highest BCUT2D eigenvalue weighted by Gasteiger charge is 2.40. The summed E-state index contributed by atoms with van der Waals surface area (Å²) < 4.78 is 12.7. The van der Waals surface area contributed by atoms with Crippen LogP contribution in [0.4, 0.5) is 5.82 Å². The van der Waals surface area contributed by atoms with Gasteiger partial charge in [0.05, 0.1) is 18.8 Å². The maximum absolute atomic E-state index is 12.9. The first-order valence-electron chi connectivity index (χ1n) is 9.79. The van der Waals surface area contributed by atoms with Gasteiger partial charge in [-0.3, -0.25) is 14.3 Å². The van der Waals surface area contributed by atoms with Crippen LogP contribution in [0.25, 0.3) is 0 Å². The summed E-state index contributed by atoms with van der Waals surface area (Å²) in [6.45, 7) is 6.69. The lowest BCUT2D eigenvalue weighted by Gasteiger charge is -2.38. The van der Waals surface area contributed by atoms with Crippen LogP contribution in [0.1, 0.15) is 35.1 Å². The highest BCUT2D eigenvalue weighted by Crippen LogP contribution is 2.33. The van der Waals surface area contributed by atoms with Gasteiger partial charge in [0.2, 0.25) is 0 Å². The van der Waals surface area contributed by atoms with E-state index in [0.29, 0.717) is 56.9 Å². The van der Waals surface area contributed by atoms with E-state index >= 15 is 0 Å². The van der Waals surface area contributed by atoms with Gasteiger partial charge in [-0.25, -0.2) is 4.79 Å². The summed E-state index contributed by atoms with van der Waals surface area (Å²) >= 11 is 0. The zero-order chi connectivity index (χ0) is 19.9. The van der Waals surface area contributed by atoms with Crippen molar-refractivity contribution >= 4 is 5.82 Å². The predicted octanol–water partition coefficient (Wildman–Crippen LogP) is 1.62. The van der Waals surface area contributed by atoms with Gasteiger partial charge in [-0.2, -0.15) is 0 Å². The molecule has 2 aliphatic heterocycles. The summed E-state index contributed by atoms with van der Waals surface area (Å²) in [5.74, 6) is 0.129. The normalized spacial score (nSPS) is 18.8. The largest absolute Gasteiger partial charge is 0.357 e. The van der Waals surface area contributed by atoms with Gasteiger partial charge >= 0.3 is 5.69 Å². The molecule has 1 aromatic carbocycles. The van der Waals surface area contributed by atoms with E-state index < -0.39 is 11.5 Å². The van der Waals surface area contributed by atoms with Crippen molar-refractivity contribution in [3.05, 3.63) is 61.3 Å². The van der Waals surface area contributed by atoms with Crippen LogP contribution < -0.4 is 16.1 Å². The number of hydrogen-bond acceptors (Lipinski definition) is 5. The molecule has 1 N–H and O–H groups in total. The summed E-state index contributed by atoms with van der Waals surface area (Å²) in [4.78, 5) is 30.3. The number of benzene rings is 1. The van der Waals surface area contributed by atoms with Crippen LogP contribution >= 0.6 is 0 Å². The molecule has 2 fully saturated rings. The van der Waals surface area contributed by atoms with Gasteiger partial charge in [-0.15, -0.1) is 0 Å². The second-order valence-electron chi connectivity index (χ2n) is 7.89. The van der Waals surface area contributed by atoms with Gasteiger partial charge < -0.3 is 14.4 Å². The Morgan fingerprint density at radius 1 is 1.04 bits per heavy atom. The highest BCUT2D eigenvalue weighted by molar-refractivity contribution is 5.49. The molecule has 150 valence electrons. The lowest BCUT2D eigenvalue weighted by atomic mass is 10.00. The third-order valence-corrected chi connectivity index (χ3v) is 5.70. The molecule has 0 atom stereocenters. The molecular weight excluding hydrogens is 358 g/mol. The third kappa shape index (κ3) is 3.52. The topological polar surface area (TPSA) is 76.6 Å². The SMILES string of the molecule is Cc1cc(C)cc(Cc2c(N3CCC4(CC3)OCCO4)[nH]c(=O)n(C)c2=O)c1. The molecule has 0 aliphatic carbocycles. The molecule has 7 nitrogen and oxygen atoms in total. The molecule has 3 heterocycles.